The van der Waals surface area contributed by atoms with Gasteiger partial charge in [-0.15, -0.1) is 0 Å². The molecule has 0 N–H and O–H groups in total. The molecule has 0 spiro atoms. The Bertz CT molecular complexity index is 1420. The van der Waals surface area contributed by atoms with E-state index in [1.807, 2.05) is 48.5 Å². The third-order valence-corrected chi connectivity index (χ3v) is 7.75. The van der Waals surface area contributed by atoms with Gasteiger partial charge in [-0.2, -0.15) is 0 Å². The summed E-state index contributed by atoms with van der Waals surface area (Å²) < 4.78 is 12.2. The molecule has 1 fully saturated rings. The number of hydrogen-bond donors (Lipinski definition) is 0. The molecule has 7 rings (SSSR count). The maximum Gasteiger partial charge on any atom is 0.156 e. The standard InChI is InChI=1S/C31H24O3/c32-30-29-26-17-22(13-14-28(26)34-19-31(29,30)25-10-2-1-3-11-25)20-8-6-9-21(15-20)24-16-23-7-4-5-12-27(23)33-18-24/h1-15,17,24,29H,16,18-19H2/t24?,29?,31-/m0/s1. The van der Waals surface area contributed by atoms with Crippen molar-refractivity contribution in [3.63, 3.8) is 0 Å². The molecule has 2 heterocycles. The molecule has 2 aliphatic heterocycles. The average Bonchev–Trinajstić information content (AvgIpc) is 3.54. The highest BCUT2D eigenvalue weighted by atomic mass is 16.5. The van der Waals surface area contributed by atoms with Gasteiger partial charge in [-0.25, -0.2) is 0 Å². The molecule has 0 amide bonds. The smallest absolute Gasteiger partial charge is 0.156 e. The van der Waals surface area contributed by atoms with E-state index >= 15 is 0 Å². The van der Waals surface area contributed by atoms with E-state index < -0.39 is 5.41 Å². The summed E-state index contributed by atoms with van der Waals surface area (Å²) in [5, 5.41) is 0. The van der Waals surface area contributed by atoms with Crippen molar-refractivity contribution >= 4 is 5.78 Å². The minimum Gasteiger partial charge on any atom is -0.493 e. The normalized spacial score (nSPS) is 24.2. The molecule has 1 aliphatic carbocycles. The number of para-hydroxylation sites is 1. The highest BCUT2D eigenvalue weighted by Crippen LogP contribution is 2.61. The highest BCUT2D eigenvalue weighted by molar-refractivity contribution is 6.15. The Labute approximate surface area is 199 Å². The SMILES string of the molecule is O=C1C2c3cc(-c4cccc(C5COc6ccccc6C5)c4)ccc3OC[C@@]12c1ccccc1. The molecule has 166 valence electrons. The fraction of sp³-hybridized carbons (Fsp3) is 0.194. The lowest BCUT2D eigenvalue weighted by Crippen LogP contribution is -2.25. The molecule has 3 heteroatoms. The number of hydrogen-bond acceptors (Lipinski definition) is 3. The Morgan fingerprint density at radius 2 is 1.56 bits per heavy atom. The summed E-state index contributed by atoms with van der Waals surface area (Å²) in [6.45, 7) is 1.11. The molecule has 0 radical (unpaired) electrons. The maximum absolute atomic E-state index is 13.1. The molecule has 0 saturated heterocycles. The summed E-state index contributed by atoms with van der Waals surface area (Å²) in [4.78, 5) is 13.1. The summed E-state index contributed by atoms with van der Waals surface area (Å²) >= 11 is 0. The van der Waals surface area contributed by atoms with E-state index in [0.717, 1.165) is 40.2 Å². The second-order valence-corrected chi connectivity index (χ2v) is 9.62. The summed E-state index contributed by atoms with van der Waals surface area (Å²) in [6, 6.07) is 33.4. The van der Waals surface area contributed by atoms with Gasteiger partial charge in [-0.05, 0) is 52.4 Å². The van der Waals surface area contributed by atoms with E-state index in [-0.39, 0.29) is 11.7 Å². The molecular weight excluding hydrogens is 420 g/mol. The van der Waals surface area contributed by atoms with Crippen LogP contribution in [0.5, 0.6) is 11.5 Å². The fourth-order valence-corrected chi connectivity index (χ4v) is 5.83. The molecule has 2 unspecified atom stereocenters. The molecular formula is C31H24O3. The largest absolute Gasteiger partial charge is 0.493 e. The minimum absolute atomic E-state index is 0.120. The van der Waals surface area contributed by atoms with E-state index in [1.54, 1.807) is 0 Å². The monoisotopic (exact) mass is 444 g/mol. The first-order chi connectivity index (χ1) is 16.7. The predicted molar refractivity (Wildman–Crippen MR) is 132 cm³/mol. The van der Waals surface area contributed by atoms with Gasteiger partial charge >= 0.3 is 0 Å². The average molecular weight is 445 g/mol. The number of benzene rings is 4. The van der Waals surface area contributed by atoms with Gasteiger partial charge in [0.05, 0.1) is 12.5 Å². The summed E-state index contributed by atoms with van der Waals surface area (Å²) in [6.07, 6.45) is 0.980. The number of fused-ring (bicyclic) bond motifs is 4. The van der Waals surface area contributed by atoms with Gasteiger partial charge in [0, 0.05) is 11.5 Å². The van der Waals surface area contributed by atoms with Crippen LogP contribution >= 0.6 is 0 Å². The first-order valence-electron chi connectivity index (χ1n) is 11.9. The molecule has 3 aliphatic rings. The zero-order valence-electron chi connectivity index (χ0n) is 18.7. The van der Waals surface area contributed by atoms with Crippen LogP contribution in [0.2, 0.25) is 0 Å². The first-order valence-corrected chi connectivity index (χ1v) is 11.9. The Kier molecular flexibility index (Phi) is 4.22. The lowest BCUT2D eigenvalue weighted by atomic mass is 9.87. The van der Waals surface area contributed by atoms with Crippen LogP contribution in [-0.4, -0.2) is 19.0 Å². The molecule has 1 saturated carbocycles. The predicted octanol–water partition coefficient (Wildman–Crippen LogP) is 6.07. The highest BCUT2D eigenvalue weighted by Gasteiger charge is 2.69. The molecule has 3 nitrogen and oxygen atoms in total. The zero-order valence-corrected chi connectivity index (χ0v) is 18.7. The minimum atomic E-state index is -0.526. The van der Waals surface area contributed by atoms with Gasteiger partial charge in [-0.3, -0.25) is 4.79 Å². The van der Waals surface area contributed by atoms with Gasteiger partial charge in [0.25, 0.3) is 0 Å². The Balaban J connectivity index is 1.22. The van der Waals surface area contributed by atoms with Gasteiger partial charge in [0.15, 0.2) is 5.78 Å². The van der Waals surface area contributed by atoms with E-state index in [0.29, 0.717) is 19.1 Å². The number of Topliss-reactive ketones (excluding diaryl/α,β-unsaturated/α-hetero) is 1. The van der Waals surface area contributed by atoms with Crippen LogP contribution < -0.4 is 9.47 Å². The van der Waals surface area contributed by atoms with Crippen molar-refractivity contribution in [3.8, 4) is 22.6 Å². The van der Waals surface area contributed by atoms with Crippen LogP contribution in [0, 0.1) is 0 Å². The van der Waals surface area contributed by atoms with Crippen LogP contribution in [-0.2, 0) is 16.6 Å². The van der Waals surface area contributed by atoms with E-state index in [9.17, 15) is 4.79 Å². The van der Waals surface area contributed by atoms with Gasteiger partial charge in [0.2, 0.25) is 0 Å². The Morgan fingerprint density at radius 3 is 2.47 bits per heavy atom. The van der Waals surface area contributed by atoms with Crippen LogP contribution in [0.25, 0.3) is 11.1 Å². The van der Waals surface area contributed by atoms with E-state index in [2.05, 4.69) is 48.5 Å². The molecule has 4 aromatic rings. The number of ether oxygens (including phenoxy) is 2. The number of rotatable bonds is 3. The third kappa shape index (κ3) is 2.86. The molecule has 3 atom stereocenters. The second kappa shape index (κ2) is 7.33. The quantitative estimate of drug-likeness (QED) is 0.385. The number of carbonyl (C=O) groups excluding carboxylic acids is 1. The van der Waals surface area contributed by atoms with Crippen molar-refractivity contribution in [1.29, 1.82) is 0 Å². The van der Waals surface area contributed by atoms with Crippen LogP contribution in [0.3, 0.4) is 0 Å². The lowest BCUT2D eigenvalue weighted by Gasteiger charge is -2.26. The van der Waals surface area contributed by atoms with Gasteiger partial charge in [-0.1, -0.05) is 78.9 Å². The lowest BCUT2D eigenvalue weighted by molar-refractivity contribution is -0.112. The molecule has 0 aromatic heterocycles. The topological polar surface area (TPSA) is 35.5 Å². The Hall–Kier alpha value is -3.85. The van der Waals surface area contributed by atoms with Crippen molar-refractivity contribution in [2.24, 2.45) is 0 Å². The summed E-state index contributed by atoms with van der Waals surface area (Å²) in [5.41, 5.74) is 6.36. The zero-order chi connectivity index (χ0) is 22.7. The van der Waals surface area contributed by atoms with Crippen molar-refractivity contribution in [1.82, 2.24) is 0 Å². The van der Waals surface area contributed by atoms with Crippen LogP contribution in [0.4, 0.5) is 0 Å². The number of ketones is 1. The first kappa shape index (κ1) is 19.6. The molecule has 34 heavy (non-hydrogen) atoms. The number of carbonyl (C=O) groups is 1. The van der Waals surface area contributed by atoms with E-state index in [1.165, 1.54) is 11.1 Å². The van der Waals surface area contributed by atoms with Gasteiger partial charge in [0.1, 0.15) is 23.5 Å². The van der Waals surface area contributed by atoms with Crippen LogP contribution in [0.1, 0.15) is 34.1 Å². The second-order valence-electron chi connectivity index (χ2n) is 9.62. The van der Waals surface area contributed by atoms with Crippen molar-refractivity contribution < 1.29 is 14.3 Å². The third-order valence-electron chi connectivity index (χ3n) is 7.75. The fourth-order valence-electron chi connectivity index (χ4n) is 5.83. The Morgan fingerprint density at radius 1 is 0.735 bits per heavy atom. The molecule has 0 bridgehead atoms. The van der Waals surface area contributed by atoms with Crippen molar-refractivity contribution in [2.75, 3.05) is 13.2 Å². The van der Waals surface area contributed by atoms with Crippen molar-refractivity contribution in [2.45, 2.75) is 23.7 Å². The van der Waals surface area contributed by atoms with Crippen molar-refractivity contribution in [3.05, 3.63) is 119 Å². The maximum atomic E-state index is 13.1. The molecule has 4 aromatic carbocycles. The van der Waals surface area contributed by atoms with E-state index in [4.69, 9.17) is 9.47 Å². The summed E-state index contributed by atoms with van der Waals surface area (Å²) in [7, 11) is 0. The summed E-state index contributed by atoms with van der Waals surface area (Å²) in [5.74, 6) is 2.30. The van der Waals surface area contributed by atoms with Crippen LogP contribution in [0.15, 0.2) is 97.1 Å². The van der Waals surface area contributed by atoms with Gasteiger partial charge < -0.3 is 9.47 Å².